The van der Waals surface area contributed by atoms with Crippen molar-refractivity contribution in [2.24, 2.45) is 0 Å². The van der Waals surface area contributed by atoms with Crippen molar-refractivity contribution in [3.05, 3.63) is 73.4 Å². The number of nitrogens with one attached hydrogen (secondary N) is 3. The zero-order valence-corrected chi connectivity index (χ0v) is 20.2. The minimum absolute atomic E-state index is 0.0168. The van der Waals surface area contributed by atoms with Gasteiger partial charge in [-0.2, -0.15) is 5.10 Å². The molecular weight excluding hydrogens is 464 g/mol. The van der Waals surface area contributed by atoms with Gasteiger partial charge in [0.05, 0.1) is 40.3 Å². The second kappa shape index (κ2) is 9.62. The average Bonchev–Trinajstić information content (AvgIpc) is 3.56. The molecule has 0 atom stereocenters. The van der Waals surface area contributed by atoms with Gasteiger partial charge in [0.2, 0.25) is 5.91 Å². The summed E-state index contributed by atoms with van der Waals surface area (Å²) < 4.78 is 0. The molecule has 182 valence electrons. The van der Waals surface area contributed by atoms with Crippen LogP contribution >= 0.6 is 0 Å². The van der Waals surface area contributed by atoms with Gasteiger partial charge in [-0.15, -0.1) is 0 Å². The summed E-state index contributed by atoms with van der Waals surface area (Å²) in [5, 5.41) is 11.4. The molecule has 9 nitrogen and oxygen atoms in total. The van der Waals surface area contributed by atoms with Crippen molar-refractivity contribution >= 4 is 33.5 Å². The molecule has 1 amide bonds. The third-order valence-electron chi connectivity index (χ3n) is 6.23. The first-order valence-electron chi connectivity index (χ1n) is 12.2. The number of imidazole rings is 1. The fourth-order valence-corrected chi connectivity index (χ4v) is 4.36. The molecule has 0 aliphatic carbocycles. The molecule has 5 heterocycles. The van der Waals surface area contributed by atoms with Crippen molar-refractivity contribution in [3.63, 3.8) is 0 Å². The molecule has 9 heteroatoms. The van der Waals surface area contributed by atoms with Gasteiger partial charge in [0, 0.05) is 47.1 Å². The number of hydrogen-bond donors (Lipinski definition) is 3. The minimum atomic E-state index is -0.0168. The van der Waals surface area contributed by atoms with Gasteiger partial charge < -0.3 is 10.3 Å². The van der Waals surface area contributed by atoms with Crippen molar-refractivity contribution in [2.45, 2.75) is 26.2 Å². The number of amides is 1. The molecule has 0 saturated carbocycles. The maximum atomic E-state index is 12.2. The molecule has 1 aromatic carbocycles. The Balaban J connectivity index is 1.37. The van der Waals surface area contributed by atoms with Crippen LogP contribution in [0.4, 0.5) is 5.69 Å². The Labute approximate surface area is 212 Å². The zero-order valence-electron chi connectivity index (χ0n) is 20.2. The number of carbonyl (C=O) groups is 1. The van der Waals surface area contributed by atoms with Crippen LogP contribution < -0.4 is 5.32 Å². The van der Waals surface area contributed by atoms with Gasteiger partial charge in [0.15, 0.2) is 5.82 Å². The highest BCUT2D eigenvalue weighted by Gasteiger charge is 2.16. The molecular formula is C28H24N8O. The van der Waals surface area contributed by atoms with E-state index in [1.54, 1.807) is 24.8 Å². The van der Waals surface area contributed by atoms with Crippen LogP contribution in [0.2, 0.25) is 0 Å². The minimum Gasteiger partial charge on any atom is -0.337 e. The Bertz CT molecular complexity index is 1720. The van der Waals surface area contributed by atoms with E-state index in [9.17, 15) is 4.79 Å². The highest BCUT2D eigenvalue weighted by molar-refractivity contribution is 5.98. The quantitative estimate of drug-likeness (QED) is 0.263. The SMILES string of the molecule is CCCCC(=O)Nc1cncc(-c2cc3c(-c4nc5c(-c6cccnc6)cccc5[nH]4)n[nH]c3cn2)c1. The predicted molar refractivity (Wildman–Crippen MR) is 144 cm³/mol. The summed E-state index contributed by atoms with van der Waals surface area (Å²) in [6.45, 7) is 2.06. The lowest BCUT2D eigenvalue weighted by atomic mass is 10.1. The maximum Gasteiger partial charge on any atom is 0.224 e. The van der Waals surface area contributed by atoms with Gasteiger partial charge in [-0.05, 0) is 30.7 Å². The zero-order chi connectivity index (χ0) is 25.2. The molecule has 6 aromatic rings. The van der Waals surface area contributed by atoms with Crippen LogP contribution in [-0.2, 0) is 4.79 Å². The Morgan fingerprint density at radius 1 is 0.973 bits per heavy atom. The molecule has 0 fully saturated rings. The summed E-state index contributed by atoms with van der Waals surface area (Å²) in [4.78, 5) is 33.6. The standard InChI is InChI=1S/C28H24N8O/c1-2-3-9-25(37)32-19-11-18(14-30-15-19)23-12-21-24(16-31-23)35-36-27(21)28-33-22-8-4-7-20(26(22)34-28)17-6-5-10-29-13-17/h4-8,10-16H,2-3,9H2,1H3,(H,32,37)(H,33,34)(H,35,36). The van der Waals surface area contributed by atoms with Crippen molar-refractivity contribution < 1.29 is 4.79 Å². The van der Waals surface area contributed by atoms with Crippen LogP contribution in [-0.4, -0.2) is 41.0 Å². The number of benzene rings is 1. The summed E-state index contributed by atoms with van der Waals surface area (Å²) in [7, 11) is 0. The number of hydrogen-bond acceptors (Lipinski definition) is 6. The van der Waals surface area contributed by atoms with E-state index in [2.05, 4.69) is 42.4 Å². The second-order valence-corrected chi connectivity index (χ2v) is 8.83. The van der Waals surface area contributed by atoms with Gasteiger partial charge in [-0.25, -0.2) is 4.98 Å². The van der Waals surface area contributed by atoms with E-state index in [1.807, 2.05) is 48.7 Å². The average molecular weight is 489 g/mol. The lowest BCUT2D eigenvalue weighted by molar-refractivity contribution is -0.116. The molecule has 3 N–H and O–H groups in total. The normalized spacial score (nSPS) is 11.3. The van der Waals surface area contributed by atoms with Crippen LogP contribution in [0.5, 0.6) is 0 Å². The molecule has 5 aromatic heterocycles. The summed E-state index contributed by atoms with van der Waals surface area (Å²) in [6.07, 6.45) is 11.0. The molecule has 0 radical (unpaired) electrons. The molecule has 0 spiro atoms. The summed E-state index contributed by atoms with van der Waals surface area (Å²) in [6, 6.07) is 13.8. The number of anilines is 1. The lowest BCUT2D eigenvalue weighted by Crippen LogP contribution is -2.11. The smallest absolute Gasteiger partial charge is 0.224 e. The van der Waals surface area contributed by atoms with Crippen LogP contribution in [0.3, 0.4) is 0 Å². The first kappa shape index (κ1) is 22.5. The first-order valence-corrected chi connectivity index (χ1v) is 12.2. The van der Waals surface area contributed by atoms with Gasteiger partial charge in [0.25, 0.3) is 0 Å². The van der Waals surface area contributed by atoms with Crippen molar-refractivity contribution in [3.8, 4) is 33.9 Å². The number of aromatic amines is 2. The number of aromatic nitrogens is 7. The monoisotopic (exact) mass is 488 g/mol. The third-order valence-corrected chi connectivity index (χ3v) is 6.23. The number of carbonyl (C=O) groups excluding carboxylic acids is 1. The summed E-state index contributed by atoms with van der Waals surface area (Å²) >= 11 is 0. The van der Waals surface area contributed by atoms with Crippen LogP contribution in [0.15, 0.2) is 73.4 Å². The number of pyridine rings is 3. The van der Waals surface area contributed by atoms with E-state index in [-0.39, 0.29) is 5.91 Å². The molecule has 0 bridgehead atoms. The topological polar surface area (TPSA) is 125 Å². The lowest BCUT2D eigenvalue weighted by Gasteiger charge is -2.07. The van der Waals surface area contributed by atoms with E-state index in [4.69, 9.17) is 4.98 Å². The molecule has 0 saturated heterocycles. The second-order valence-electron chi connectivity index (χ2n) is 8.83. The number of rotatable bonds is 7. The highest BCUT2D eigenvalue weighted by Crippen LogP contribution is 2.32. The van der Waals surface area contributed by atoms with Crippen LogP contribution in [0.25, 0.3) is 55.8 Å². The molecule has 0 aliphatic rings. The maximum absolute atomic E-state index is 12.2. The van der Waals surface area contributed by atoms with E-state index < -0.39 is 0 Å². The van der Waals surface area contributed by atoms with Gasteiger partial charge in [-0.1, -0.05) is 31.5 Å². The van der Waals surface area contributed by atoms with Gasteiger partial charge in [0.1, 0.15) is 5.69 Å². The Morgan fingerprint density at radius 2 is 1.89 bits per heavy atom. The first-order chi connectivity index (χ1) is 18.2. The van der Waals surface area contributed by atoms with Crippen LogP contribution in [0.1, 0.15) is 26.2 Å². The van der Waals surface area contributed by atoms with E-state index in [1.165, 1.54) is 0 Å². The van der Waals surface area contributed by atoms with Crippen molar-refractivity contribution in [1.82, 2.24) is 35.1 Å². The van der Waals surface area contributed by atoms with Gasteiger partial charge >= 0.3 is 0 Å². The number of nitrogens with zero attached hydrogens (tertiary/aromatic N) is 5. The van der Waals surface area contributed by atoms with E-state index >= 15 is 0 Å². The molecule has 6 rings (SSSR count). The Morgan fingerprint density at radius 3 is 2.76 bits per heavy atom. The largest absolute Gasteiger partial charge is 0.337 e. The molecule has 37 heavy (non-hydrogen) atoms. The van der Waals surface area contributed by atoms with Crippen molar-refractivity contribution in [2.75, 3.05) is 5.32 Å². The number of H-pyrrole nitrogens is 2. The predicted octanol–water partition coefficient (Wildman–Crippen LogP) is 5.75. The Hall–Kier alpha value is -4.92. The number of fused-ring (bicyclic) bond motifs is 2. The molecule has 0 unspecified atom stereocenters. The summed E-state index contributed by atoms with van der Waals surface area (Å²) in [5.74, 6) is 0.640. The van der Waals surface area contributed by atoms with E-state index in [0.717, 1.165) is 57.2 Å². The number of unbranched alkanes of at least 4 members (excludes halogenated alkanes) is 1. The number of para-hydroxylation sites is 1. The van der Waals surface area contributed by atoms with Crippen LogP contribution in [0, 0.1) is 0 Å². The van der Waals surface area contributed by atoms with Crippen molar-refractivity contribution in [1.29, 1.82) is 0 Å². The third kappa shape index (κ3) is 4.42. The fraction of sp³-hybridized carbons (Fsp3) is 0.143. The fourth-order valence-electron chi connectivity index (χ4n) is 4.36. The molecule has 0 aliphatic heterocycles. The highest BCUT2D eigenvalue weighted by atomic mass is 16.1. The summed E-state index contributed by atoms with van der Waals surface area (Å²) in [5.41, 5.74) is 7.42. The van der Waals surface area contributed by atoms with Gasteiger partial charge in [-0.3, -0.25) is 24.8 Å². The van der Waals surface area contributed by atoms with E-state index in [0.29, 0.717) is 23.6 Å². The Kier molecular flexibility index (Phi) is 5.86.